The first-order chi connectivity index (χ1) is 8.69. The molecule has 1 saturated heterocycles. The van der Waals surface area contributed by atoms with Gasteiger partial charge in [-0.15, -0.1) is 0 Å². The van der Waals surface area contributed by atoms with Gasteiger partial charge in [0.15, 0.2) is 0 Å². The van der Waals surface area contributed by atoms with E-state index in [-0.39, 0.29) is 11.9 Å². The number of hydrogen-bond acceptors (Lipinski definition) is 2. The lowest BCUT2D eigenvalue weighted by Gasteiger charge is -2.19. The highest BCUT2D eigenvalue weighted by Crippen LogP contribution is 2.31. The lowest BCUT2D eigenvalue weighted by molar-refractivity contribution is 0.0778. The topological polar surface area (TPSA) is 32.7 Å². The number of aryl methyl sites for hydroxylation is 1. The zero-order chi connectivity index (χ0) is 12.7. The van der Waals surface area contributed by atoms with Gasteiger partial charge in [-0.05, 0) is 32.4 Å². The Labute approximate surface area is 107 Å². The molecule has 0 radical (unpaired) electrons. The Bertz CT molecular complexity index is 572. The molecule has 18 heavy (non-hydrogen) atoms. The summed E-state index contributed by atoms with van der Waals surface area (Å²) < 4.78 is 0. The number of hydrogen-bond donors (Lipinski definition) is 0. The number of carbonyl (C=O) groups excluding carboxylic acids is 1. The first-order valence-electron chi connectivity index (χ1n) is 6.29. The van der Waals surface area contributed by atoms with Crippen molar-refractivity contribution in [1.82, 2.24) is 4.90 Å². The quantitative estimate of drug-likeness (QED) is 0.642. The molecule has 0 aromatic heterocycles. The molecule has 0 bridgehead atoms. The van der Waals surface area contributed by atoms with Gasteiger partial charge in [0, 0.05) is 12.8 Å². The molecular formula is C15H16N2O. The molecule has 1 fully saturated rings. The summed E-state index contributed by atoms with van der Waals surface area (Å²) >= 11 is 0. The molecule has 0 saturated carbocycles. The number of benzene rings is 1. The molecular weight excluding hydrogens is 224 g/mol. The van der Waals surface area contributed by atoms with Gasteiger partial charge >= 0.3 is 0 Å². The molecule has 1 aromatic carbocycles. The van der Waals surface area contributed by atoms with Crippen molar-refractivity contribution in [2.75, 3.05) is 6.54 Å². The third-order valence-electron chi connectivity index (χ3n) is 3.68. The van der Waals surface area contributed by atoms with E-state index in [9.17, 15) is 4.79 Å². The Morgan fingerprint density at radius 2 is 2.28 bits per heavy atom. The van der Waals surface area contributed by atoms with Crippen LogP contribution in [-0.2, 0) is 0 Å². The molecule has 2 aliphatic rings. The molecule has 1 atom stereocenters. The molecule has 1 unspecified atom stereocenters. The van der Waals surface area contributed by atoms with Gasteiger partial charge in [-0.25, -0.2) is 0 Å². The predicted octanol–water partition coefficient (Wildman–Crippen LogP) is 2.87. The van der Waals surface area contributed by atoms with Gasteiger partial charge in [0.1, 0.15) is 0 Å². The highest BCUT2D eigenvalue weighted by molar-refractivity contribution is 6.03. The number of aliphatic imine (C=N–C) groups is 1. The lowest BCUT2D eigenvalue weighted by Crippen LogP contribution is -2.35. The monoisotopic (exact) mass is 240 g/mol. The fourth-order valence-electron chi connectivity index (χ4n) is 2.60. The van der Waals surface area contributed by atoms with Crippen LogP contribution in [0, 0.1) is 6.92 Å². The number of allylic oxidation sites excluding steroid dienone is 1. The van der Waals surface area contributed by atoms with E-state index in [1.807, 2.05) is 43.2 Å². The van der Waals surface area contributed by atoms with Gasteiger partial charge in [0.05, 0.1) is 17.3 Å². The highest BCUT2D eigenvalue weighted by Gasteiger charge is 2.33. The van der Waals surface area contributed by atoms with E-state index < -0.39 is 0 Å². The van der Waals surface area contributed by atoms with Crippen LogP contribution in [-0.4, -0.2) is 29.6 Å². The maximum Gasteiger partial charge on any atom is 0.256 e. The van der Waals surface area contributed by atoms with Crippen molar-refractivity contribution in [3.05, 3.63) is 41.0 Å². The van der Waals surface area contributed by atoms with Crippen LogP contribution in [0.4, 0.5) is 5.69 Å². The molecule has 1 aromatic rings. The number of carbonyl (C=O) groups is 1. The van der Waals surface area contributed by atoms with E-state index in [1.54, 1.807) is 0 Å². The molecule has 92 valence electrons. The summed E-state index contributed by atoms with van der Waals surface area (Å²) in [6, 6.07) is 5.98. The van der Waals surface area contributed by atoms with Crippen molar-refractivity contribution in [3.63, 3.8) is 0 Å². The van der Waals surface area contributed by atoms with Crippen LogP contribution in [0.5, 0.6) is 0 Å². The van der Waals surface area contributed by atoms with E-state index in [1.165, 1.54) is 5.57 Å². The van der Waals surface area contributed by atoms with E-state index in [4.69, 9.17) is 0 Å². The Balaban J connectivity index is 2.06. The minimum atomic E-state index is 0.105. The smallest absolute Gasteiger partial charge is 0.256 e. The van der Waals surface area contributed by atoms with Crippen molar-refractivity contribution in [1.29, 1.82) is 0 Å². The number of nitrogens with zero attached hydrogens (tertiary/aromatic N) is 2. The molecule has 1 amide bonds. The van der Waals surface area contributed by atoms with Gasteiger partial charge in [0.25, 0.3) is 5.91 Å². The second kappa shape index (κ2) is 4.09. The second-order valence-electron chi connectivity index (χ2n) is 4.95. The minimum Gasteiger partial charge on any atom is -0.326 e. The summed E-state index contributed by atoms with van der Waals surface area (Å²) in [5, 5.41) is 0. The fourth-order valence-corrected chi connectivity index (χ4v) is 2.60. The average Bonchev–Trinajstić information content (AvgIpc) is 2.75. The lowest BCUT2D eigenvalue weighted by atomic mass is 10.1. The fraction of sp³-hybridized carbons (Fsp3) is 0.333. The van der Waals surface area contributed by atoms with E-state index in [0.29, 0.717) is 0 Å². The van der Waals surface area contributed by atoms with Crippen LogP contribution in [0.15, 0.2) is 34.8 Å². The molecule has 0 N–H and O–H groups in total. The third-order valence-corrected chi connectivity index (χ3v) is 3.68. The van der Waals surface area contributed by atoms with Crippen molar-refractivity contribution >= 4 is 17.8 Å². The third kappa shape index (κ3) is 1.67. The highest BCUT2D eigenvalue weighted by atomic mass is 16.2. The summed E-state index contributed by atoms with van der Waals surface area (Å²) in [6.07, 6.45) is 4.93. The Hall–Kier alpha value is -1.90. The zero-order valence-corrected chi connectivity index (χ0v) is 10.7. The Morgan fingerprint density at radius 1 is 1.44 bits per heavy atom. The SMILES string of the molecule is C/C=C1\CC2C=Nc3ccc(C)cc3C(=O)N2C1. The zero-order valence-electron chi connectivity index (χ0n) is 10.7. The van der Waals surface area contributed by atoms with Gasteiger partial charge in [-0.3, -0.25) is 9.79 Å². The van der Waals surface area contributed by atoms with Crippen LogP contribution >= 0.6 is 0 Å². The molecule has 0 spiro atoms. The summed E-state index contributed by atoms with van der Waals surface area (Å²) in [6.45, 7) is 4.77. The first-order valence-corrected chi connectivity index (χ1v) is 6.29. The molecule has 3 rings (SSSR count). The maximum absolute atomic E-state index is 12.6. The second-order valence-corrected chi connectivity index (χ2v) is 4.95. The van der Waals surface area contributed by atoms with E-state index in [2.05, 4.69) is 11.1 Å². The van der Waals surface area contributed by atoms with Gasteiger partial charge in [-0.1, -0.05) is 23.3 Å². The molecule has 2 heterocycles. The normalized spacial score (nSPS) is 24.1. The average molecular weight is 240 g/mol. The number of amides is 1. The molecule has 3 heteroatoms. The Morgan fingerprint density at radius 3 is 3.06 bits per heavy atom. The largest absolute Gasteiger partial charge is 0.326 e. The predicted molar refractivity (Wildman–Crippen MR) is 72.5 cm³/mol. The van der Waals surface area contributed by atoms with Crippen molar-refractivity contribution in [3.8, 4) is 0 Å². The summed E-state index contributed by atoms with van der Waals surface area (Å²) in [4.78, 5) is 18.9. The van der Waals surface area contributed by atoms with E-state index in [0.717, 1.165) is 29.8 Å². The maximum atomic E-state index is 12.6. The molecule has 2 aliphatic heterocycles. The van der Waals surface area contributed by atoms with Crippen LogP contribution in [0.3, 0.4) is 0 Å². The first kappa shape index (κ1) is 11.2. The van der Waals surface area contributed by atoms with Crippen molar-refractivity contribution in [2.24, 2.45) is 4.99 Å². The van der Waals surface area contributed by atoms with Crippen molar-refractivity contribution < 1.29 is 4.79 Å². The number of fused-ring (bicyclic) bond motifs is 2. The standard InChI is InChI=1S/C15H16N2O/c1-3-11-7-12-8-16-14-5-4-10(2)6-13(14)15(18)17(12)9-11/h3-6,8,12H,7,9H2,1-2H3/b11-3+. The van der Waals surface area contributed by atoms with Gasteiger partial charge in [-0.2, -0.15) is 0 Å². The van der Waals surface area contributed by atoms with Crippen LogP contribution in [0.1, 0.15) is 29.3 Å². The van der Waals surface area contributed by atoms with Crippen LogP contribution in [0.25, 0.3) is 0 Å². The summed E-state index contributed by atoms with van der Waals surface area (Å²) in [7, 11) is 0. The van der Waals surface area contributed by atoms with Crippen molar-refractivity contribution in [2.45, 2.75) is 26.3 Å². The minimum absolute atomic E-state index is 0.105. The van der Waals surface area contributed by atoms with E-state index >= 15 is 0 Å². The van der Waals surface area contributed by atoms with Gasteiger partial charge in [0.2, 0.25) is 0 Å². The number of rotatable bonds is 0. The van der Waals surface area contributed by atoms with Crippen LogP contribution in [0.2, 0.25) is 0 Å². The molecule has 0 aliphatic carbocycles. The summed E-state index contributed by atoms with van der Waals surface area (Å²) in [5.74, 6) is 0.105. The molecule has 3 nitrogen and oxygen atoms in total. The Kier molecular flexibility index (Phi) is 2.54. The van der Waals surface area contributed by atoms with Crippen LogP contribution < -0.4 is 0 Å². The summed E-state index contributed by atoms with van der Waals surface area (Å²) in [5.41, 5.74) is 3.94. The van der Waals surface area contributed by atoms with Gasteiger partial charge < -0.3 is 4.90 Å².